The first-order valence-electron chi connectivity index (χ1n) is 9.99. The number of benzene rings is 1. The number of hydrogen-bond donors (Lipinski definition) is 3. The van der Waals surface area contributed by atoms with Gasteiger partial charge in [-0.05, 0) is 49.6 Å². The summed E-state index contributed by atoms with van der Waals surface area (Å²) in [4.78, 5) is 17.9. The zero-order valence-corrected chi connectivity index (χ0v) is 17.1. The summed E-state index contributed by atoms with van der Waals surface area (Å²) in [6, 6.07) is 11.4. The molecule has 3 aromatic heterocycles. The highest BCUT2D eigenvalue weighted by Crippen LogP contribution is 2.26. The number of imidazole rings is 1. The van der Waals surface area contributed by atoms with Crippen LogP contribution in [0.15, 0.2) is 55.1 Å². The van der Waals surface area contributed by atoms with Crippen molar-refractivity contribution in [1.29, 1.82) is 0 Å². The topological polar surface area (TPSA) is 101 Å². The fourth-order valence-electron chi connectivity index (χ4n) is 3.32. The van der Waals surface area contributed by atoms with Crippen molar-refractivity contribution in [2.75, 3.05) is 17.2 Å². The number of rotatable bonds is 8. The second kappa shape index (κ2) is 8.77. The van der Waals surface area contributed by atoms with Crippen LogP contribution in [-0.4, -0.2) is 36.2 Å². The Balaban J connectivity index is 1.54. The van der Waals surface area contributed by atoms with Crippen LogP contribution in [0.3, 0.4) is 0 Å². The van der Waals surface area contributed by atoms with Gasteiger partial charge in [-0.1, -0.05) is 18.2 Å². The van der Waals surface area contributed by atoms with E-state index in [4.69, 9.17) is 4.98 Å². The lowest BCUT2D eigenvalue weighted by Crippen LogP contribution is -2.10. The van der Waals surface area contributed by atoms with E-state index in [1.165, 1.54) is 0 Å². The second-order valence-corrected chi connectivity index (χ2v) is 7.35. The van der Waals surface area contributed by atoms with Gasteiger partial charge in [0.15, 0.2) is 17.0 Å². The predicted octanol–water partition coefficient (Wildman–Crippen LogP) is 3.77. The first-order chi connectivity index (χ1) is 14.6. The number of fused-ring (bicyclic) bond motifs is 1. The lowest BCUT2D eigenvalue weighted by molar-refractivity contribution is 0.475. The molecule has 4 aromatic rings. The molecule has 1 aromatic carbocycles. The summed E-state index contributed by atoms with van der Waals surface area (Å²) in [5, 5.41) is 16.2. The van der Waals surface area contributed by atoms with Gasteiger partial charge in [0.05, 0.1) is 0 Å². The van der Waals surface area contributed by atoms with Crippen molar-refractivity contribution in [3.8, 4) is 5.75 Å². The molecular formula is C22H25N7O. The summed E-state index contributed by atoms with van der Waals surface area (Å²) >= 11 is 0. The second-order valence-electron chi connectivity index (χ2n) is 7.35. The van der Waals surface area contributed by atoms with Crippen molar-refractivity contribution in [2.45, 2.75) is 32.9 Å². The maximum absolute atomic E-state index is 9.42. The van der Waals surface area contributed by atoms with Crippen molar-refractivity contribution >= 4 is 22.9 Å². The maximum Gasteiger partial charge on any atom is 0.205 e. The average molecular weight is 403 g/mol. The van der Waals surface area contributed by atoms with Crippen LogP contribution in [0, 0.1) is 0 Å². The summed E-state index contributed by atoms with van der Waals surface area (Å²) < 4.78 is 2.08. The lowest BCUT2D eigenvalue weighted by Gasteiger charge is -2.13. The molecular weight excluding hydrogens is 378 g/mol. The number of pyridine rings is 1. The van der Waals surface area contributed by atoms with Crippen LogP contribution in [0.25, 0.3) is 11.2 Å². The number of phenolic OH excluding ortho intramolecular Hbond substituents is 1. The van der Waals surface area contributed by atoms with E-state index < -0.39 is 0 Å². The molecule has 8 heteroatoms. The monoisotopic (exact) mass is 403 g/mol. The van der Waals surface area contributed by atoms with E-state index in [-0.39, 0.29) is 11.8 Å². The lowest BCUT2D eigenvalue weighted by atomic mass is 10.1. The molecule has 154 valence electrons. The average Bonchev–Trinajstić information content (AvgIpc) is 3.14. The molecule has 0 spiro atoms. The SMILES string of the molecule is CC(C)n1c(NCc2cccnc2)nc2c(NCCc3ccc(O)cc3)ncnc21. The largest absolute Gasteiger partial charge is 0.508 e. The molecule has 0 unspecified atom stereocenters. The Morgan fingerprint density at radius 2 is 1.87 bits per heavy atom. The summed E-state index contributed by atoms with van der Waals surface area (Å²) in [5.41, 5.74) is 3.75. The van der Waals surface area contributed by atoms with Crippen LogP contribution < -0.4 is 10.6 Å². The Hall–Kier alpha value is -3.68. The third-order valence-electron chi connectivity index (χ3n) is 4.81. The van der Waals surface area contributed by atoms with Gasteiger partial charge < -0.3 is 15.7 Å². The fourth-order valence-corrected chi connectivity index (χ4v) is 3.32. The van der Waals surface area contributed by atoms with E-state index >= 15 is 0 Å². The van der Waals surface area contributed by atoms with Gasteiger partial charge in [0.1, 0.15) is 12.1 Å². The standard InChI is InChI=1S/C22H25N7O/c1-15(2)29-21-19(28-22(29)25-13-17-4-3-10-23-12-17)20(26-14-27-21)24-11-9-16-5-7-18(30)8-6-16/h3-8,10,12,14-15,30H,9,11,13H2,1-2H3,(H,25,28)(H,24,26,27). The van der Waals surface area contributed by atoms with Gasteiger partial charge in [0.2, 0.25) is 5.95 Å². The smallest absolute Gasteiger partial charge is 0.205 e. The van der Waals surface area contributed by atoms with Crippen LogP contribution in [0.1, 0.15) is 31.0 Å². The molecule has 30 heavy (non-hydrogen) atoms. The van der Waals surface area contributed by atoms with Crippen molar-refractivity contribution in [1.82, 2.24) is 24.5 Å². The van der Waals surface area contributed by atoms with E-state index in [0.717, 1.165) is 34.7 Å². The number of nitrogens with one attached hydrogen (secondary N) is 2. The molecule has 0 aliphatic rings. The number of aromatic hydroxyl groups is 1. The molecule has 0 radical (unpaired) electrons. The first-order valence-corrected chi connectivity index (χ1v) is 9.99. The van der Waals surface area contributed by atoms with Gasteiger partial charge in [-0.15, -0.1) is 0 Å². The first kappa shape index (κ1) is 19.6. The molecule has 0 aliphatic heterocycles. The summed E-state index contributed by atoms with van der Waals surface area (Å²) in [5.74, 6) is 1.74. The molecule has 0 saturated heterocycles. The minimum Gasteiger partial charge on any atom is -0.508 e. The Morgan fingerprint density at radius 1 is 1.03 bits per heavy atom. The molecule has 3 heterocycles. The van der Waals surface area contributed by atoms with Gasteiger partial charge in [0, 0.05) is 31.5 Å². The van der Waals surface area contributed by atoms with E-state index in [0.29, 0.717) is 18.9 Å². The fraction of sp³-hybridized carbons (Fsp3) is 0.273. The Morgan fingerprint density at radius 3 is 2.60 bits per heavy atom. The Bertz CT molecular complexity index is 1110. The van der Waals surface area contributed by atoms with E-state index in [9.17, 15) is 5.11 Å². The zero-order chi connectivity index (χ0) is 20.9. The van der Waals surface area contributed by atoms with Gasteiger partial charge in [0.25, 0.3) is 0 Å². The molecule has 8 nitrogen and oxygen atoms in total. The highest BCUT2D eigenvalue weighted by Gasteiger charge is 2.17. The summed E-state index contributed by atoms with van der Waals surface area (Å²) in [6.07, 6.45) is 5.98. The molecule has 0 atom stereocenters. The summed E-state index contributed by atoms with van der Waals surface area (Å²) in [6.45, 7) is 5.54. The number of hydrogen-bond acceptors (Lipinski definition) is 7. The highest BCUT2D eigenvalue weighted by atomic mass is 16.3. The Kier molecular flexibility index (Phi) is 5.74. The van der Waals surface area contributed by atoms with Crippen LogP contribution in [0.4, 0.5) is 11.8 Å². The molecule has 0 amide bonds. The van der Waals surface area contributed by atoms with E-state index in [2.05, 4.69) is 44.0 Å². The molecule has 0 bridgehead atoms. The predicted molar refractivity (Wildman–Crippen MR) is 118 cm³/mol. The van der Waals surface area contributed by atoms with Crippen LogP contribution in [0.2, 0.25) is 0 Å². The van der Waals surface area contributed by atoms with Crippen LogP contribution in [-0.2, 0) is 13.0 Å². The zero-order valence-electron chi connectivity index (χ0n) is 17.1. The van der Waals surface area contributed by atoms with Gasteiger partial charge in [-0.25, -0.2) is 15.0 Å². The molecule has 4 rings (SSSR count). The van der Waals surface area contributed by atoms with Gasteiger partial charge in [-0.3, -0.25) is 9.55 Å². The van der Waals surface area contributed by atoms with E-state index in [1.807, 2.05) is 30.5 Å². The summed E-state index contributed by atoms with van der Waals surface area (Å²) in [7, 11) is 0. The third kappa shape index (κ3) is 4.32. The molecule has 0 aliphatic carbocycles. The van der Waals surface area contributed by atoms with Crippen molar-refractivity contribution in [2.24, 2.45) is 0 Å². The third-order valence-corrected chi connectivity index (χ3v) is 4.81. The van der Waals surface area contributed by atoms with Crippen molar-refractivity contribution in [3.63, 3.8) is 0 Å². The highest BCUT2D eigenvalue weighted by molar-refractivity contribution is 5.85. The quantitative estimate of drug-likeness (QED) is 0.412. The number of phenols is 1. The van der Waals surface area contributed by atoms with Crippen molar-refractivity contribution < 1.29 is 5.11 Å². The van der Waals surface area contributed by atoms with Crippen LogP contribution in [0.5, 0.6) is 5.75 Å². The number of nitrogens with zero attached hydrogens (tertiary/aromatic N) is 5. The molecule has 0 fully saturated rings. The minimum atomic E-state index is 0.186. The van der Waals surface area contributed by atoms with Gasteiger partial charge in [-0.2, -0.15) is 0 Å². The van der Waals surface area contributed by atoms with Crippen LogP contribution >= 0.6 is 0 Å². The Labute approximate surface area is 175 Å². The van der Waals surface area contributed by atoms with Gasteiger partial charge >= 0.3 is 0 Å². The number of aromatic nitrogens is 5. The minimum absolute atomic E-state index is 0.186. The maximum atomic E-state index is 9.42. The van der Waals surface area contributed by atoms with E-state index in [1.54, 1.807) is 24.7 Å². The molecule has 3 N–H and O–H groups in total. The molecule has 0 saturated carbocycles. The normalized spacial score (nSPS) is 11.2. The number of anilines is 2. The van der Waals surface area contributed by atoms with Crippen molar-refractivity contribution in [3.05, 3.63) is 66.2 Å².